The molecule has 0 atom stereocenters. The molecule has 0 aliphatic rings. The molecule has 0 saturated carbocycles. The van der Waals surface area contributed by atoms with Crippen molar-refractivity contribution in [1.29, 1.82) is 0 Å². The van der Waals surface area contributed by atoms with Gasteiger partial charge in [-0.1, -0.05) is 24.3 Å². The molecule has 0 N–H and O–H groups in total. The van der Waals surface area contributed by atoms with Crippen LogP contribution in [-0.2, 0) is 9.78 Å². The number of rotatable bonds is 6. The molecule has 15 heavy (non-hydrogen) atoms. The SMILES string of the molecule is CCOOC/C=C\c1ccc(SC)cc1. The molecule has 1 aromatic carbocycles. The van der Waals surface area contributed by atoms with Crippen LogP contribution in [-0.4, -0.2) is 19.5 Å². The highest BCUT2D eigenvalue weighted by molar-refractivity contribution is 7.98. The smallest absolute Gasteiger partial charge is 0.101 e. The van der Waals surface area contributed by atoms with E-state index in [9.17, 15) is 0 Å². The molecule has 0 heterocycles. The van der Waals surface area contributed by atoms with Crippen molar-refractivity contribution in [3.8, 4) is 0 Å². The normalized spacial score (nSPS) is 11.1. The van der Waals surface area contributed by atoms with Crippen LogP contribution in [0.5, 0.6) is 0 Å². The molecule has 0 amide bonds. The van der Waals surface area contributed by atoms with Crippen molar-refractivity contribution in [1.82, 2.24) is 0 Å². The molecule has 0 radical (unpaired) electrons. The summed E-state index contributed by atoms with van der Waals surface area (Å²) in [6, 6.07) is 8.38. The molecule has 0 aliphatic carbocycles. The van der Waals surface area contributed by atoms with E-state index in [1.165, 1.54) is 10.5 Å². The lowest BCUT2D eigenvalue weighted by Gasteiger charge is -1.98. The average molecular weight is 224 g/mol. The minimum Gasteiger partial charge on any atom is -0.237 e. The minimum absolute atomic E-state index is 0.484. The second-order valence-corrected chi connectivity index (χ2v) is 3.75. The second-order valence-electron chi connectivity index (χ2n) is 2.87. The average Bonchev–Trinajstić information content (AvgIpc) is 2.30. The van der Waals surface area contributed by atoms with E-state index in [4.69, 9.17) is 9.78 Å². The number of hydrogen-bond donors (Lipinski definition) is 0. The van der Waals surface area contributed by atoms with E-state index in [1.807, 2.05) is 19.1 Å². The largest absolute Gasteiger partial charge is 0.237 e. The lowest BCUT2D eigenvalue weighted by Crippen LogP contribution is -1.92. The number of hydrogen-bond acceptors (Lipinski definition) is 3. The molecule has 2 nitrogen and oxygen atoms in total. The Hall–Kier alpha value is -0.770. The van der Waals surface area contributed by atoms with Gasteiger partial charge < -0.3 is 0 Å². The number of benzene rings is 1. The zero-order valence-corrected chi connectivity index (χ0v) is 9.92. The first-order chi connectivity index (χ1) is 7.36. The fourth-order valence-electron chi connectivity index (χ4n) is 1.07. The van der Waals surface area contributed by atoms with E-state index in [0.717, 1.165) is 0 Å². The van der Waals surface area contributed by atoms with E-state index in [-0.39, 0.29) is 0 Å². The van der Waals surface area contributed by atoms with Crippen molar-refractivity contribution in [2.24, 2.45) is 0 Å². The Bertz CT molecular complexity index is 293. The maximum absolute atomic E-state index is 4.86. The molecule has 0 aliphatic heterocycles. The molecule has 82 valence electrons. The Labute approximate surface area is 95.2 Å². The monoisotopic (exact) mass is 224 g/mol. The topological polar surface area (TPSA) is 18.5 Å². The van der Waals surface area contributed by atoms with Gasteiger partial charge >= 0.3 is 0 Å². The van der Waals surface area contributed by atoms with Crippen LogP contribution < -0.4 is 0 Å². The Morgan fingerprint density at radius 1 is 1.20 bits per heavy atom. The zero-order chi connectivity index (χ0) is 10.9. The van der Waals surface area contributed by atoms with Crippen molar-refractivity contribution in [3.05, 3.63) is 35.9 Å². The molecule has 0 bridgehead atoms. The van der Waals surface area contributed by atoms with Gasteiger partial charge in [-0.3, -0.25) is 0 Å². The quantitative estimate of drug-likeness (QED) is 0.319. The van der Waals surface area contributed by atoms with Crippen molar-refractivity contribution >= 4 is 17.8 Å². The third kappa shape index (κ3) is 5.02. The summed E-state index contributed by atoms with van der Waals surface area (Å²) in [6.45, 7) is 2.96. The Morgan fingerprint density at radius 3 is 2.53 bits per heavy atom. The Balaban J connectivity index is 2.36. The maximum Gasteiger partial charge on any atom is 0.101 e. The highest BCUT2D eigenvalue weighted by Gasteiger charge is 1.89. The van der Waals surface area contributed by atoms with E-state index in [2.05, 4.69) is 30.5 Å². The zero-order valence-electron chi connectivity index (χ0n) is 9.10. The molecule has 0 saturated heterocycles. The summed E-state index contributed by atoms with van der Waals surface area (Å²) in [5.41, 5.74) is 1.17. The molecule has 0 fully saturated rings. The van der Waals surface area contributed by atoms with E-state index >= 15 is 0 Å². The van der Waals surface area contributed by atoms with Gasteiger partial charge in [-0.25, -0.2) is 9.78 Å². The summed E-state index contributed by atoms with van der Waals surface area (Å²) in [6.07, 6.45) is 6.02. The van der Waals surface area contributed by atoms with Crippen molar-refractivity contribution < 1.29 is 9.78 Å². The van der Waals surface area contributed by atoms with Crippen molar-refractivity contribution in [3.63, 3.8) is 0 Å². The van der Waals surface area contributed by atoms with Crippen LogP contribution in [0, 0.1) is 0 Å². The van der Waals surface area contributed by atoms with Crippen molar-refractivity contribution in [2.75, 3.05) is 19.5 Å². The van der Waals surface area contributed by atoms with Gasteiger partial charge in [0.1, 0.15) is 6.61 Å². The van der Waals surface area contributed by atoms with Gasteiger partial charge in [-0.05, 0) is 30.9 Å². The maximum atomic E-state index is 4.86. The van der Waals surface area contributed by atoms with Gasteiger partial charge in [-0.2, -0.15) is 0 Å². The van der Waals surface area contributed by atoms with Crippen LogP contribution in [0.15, 0.2) is 35.2 Å². The number of thioether (sulfide) groups is 1. The molecule has 0 aromatic heterocycles. The summed E-state index contributed by atoms with van der Waals surface area (Å²) in [4.78, 5) is 10.9. The first-order valence-corrected chi connectivity index (χ1v) is 6.14. The van der Waals surface area contributed by atoms with Crippen LogP contribution in [0.25, 0.3) is 6.08 Å². The molecule has 1 rings (SSSR count). The lowest BCUT2D eigenvalue weighted by atomic mass is 10.2. The van der Waals surface area contributed by atoms with Crippen LogP contribution >= 0.6 is 11.8 Å². The predicted octanol–water partition coefficient (Wildman–Crippen LogP) is 3.39. The fourth-order valence-corrected chi connectivity index (χ4v) is 1.48. The van der Waals surface area contributed by atoms with Crippen LogP contribution in [0.2, 0.25) is 0 Å². The predicted molar refractivity (Wildman–Crippen MR) is 64.8 cm³/mol. The van der Waals surface area contributed by atoms with Gasteiger partial charge in [0, 0.05) is 4.90 Å². The van der Waals surface area contributed by atoms with E-state index in [0.29, 0.717) is 13.2 Å². The van der Waals surface area contributed by atoms with Crippen LogP contribution in [0.1, 0.15) is 12.5 Å². The third-order valence-corrected chi connectivity index (χ3v) is 2.54. The first-order valence-electron chi connectivity index (χ1n) is 4.92. The van der Waals surface area contributed by atoms with Gasteiger partial charge in [0.25, 0.3) is 0 Å². The van der Waals surface area contributed by atoms with Gasteiger partial charge in [-0.15, -0.1) is 11.8 Å². The molecule has 1 aromatic rings. The highest BCUT2D eigenvalue weighted by Crippen LogP contribution is 2.15. The summed E-state index contributed by atoms with van der Waals surface area (Å²) in [7, 11) is 0. The van der Waals surface area contributed by atoms with Crippen LogP contribution in [0.3, 0.4) is 0 Å². The molecule has 3 heteroatoms. The Morgan fingerprint density at radius 2 is 1.93 bits per heavy atom. The first kappa shape index (κ1) is 12.3. The van der Waals surface area contributed by atoms with Gasteiger partial charge in [0.2, 0.25) is 0 Å². The summed E-state index contributed by atoms with van der Waals surface area (Å²) >= 11 is 1.74. The van der Waals surface area contributed by atoms with E-state index < -0.39 is 0 Å². The summed E-state index contributed by atoms with van der Waals surface area (Å²) in [5, 5.41) is 0. The summed E-state index contributed by atoms with van der Waals surface area (Å²) < 4.78 is 0. The minimum atomic E-state index is 0.484. The molecular formula is C12H16O2S. The second kappa shape index (κ2) is 7.51. The van der Waals surface area contributed by atoms with Crippen molar-refractivity contribution in [2.45, 2.75) is 11.8 Å². The standard InChI is InChI=1S/C12H16O2S/c1-3-13-14-10-4-5-11-6-8-12(15-2)9-7-11/h4-9H,3,10H2,1-2H3/b5-4-. The fraction of sp³-hybridized carbons (Fsp3) is 0.333. The molecular weight excluding hydrogens is 208 g/mol. The molecule has 0 unspecified atom stereocenters. The molecule has 0 spiro atoms. The van der Waals surface area contributed by atoms with Gasteiger partial charge in [0.15, 0.2) is 0 Å². The lowest BCUT2D eigenvalue weighted by molar-refractivity contribution is -0.282. The summed E-state index contributed by atoms with van der Waals surface area (Å²) in [5.74, 6) is 0. The Kier molecular flexibility index (Phi) is 6.16. The van der Waals surface area contributed by atoms with E-state index in [1.54, 1.807) is 11.8 Å². The highest BCUT2D eigenvalue weighted by atomic mass is 32.2. The van der Waals surface area contributed by atoms with Crippen LogP contribution in [0.4, 0.5) is 0 Å². The van der Waals surface area contributed by atoms with Gasteiger partial charge in [0.05, 0.1) is 6.61 Å². The third-order valence-electron chi connectivity index (χ3n) is 1.79.